The summed E-state index contributed by atoms with van der Waals surface area (Å²) < 4.78 is 0. The summed E-state index contributed by atoms with van der Waals surface area (Å²) in [4.78, 5) is 0. The summed E-state index contributed by atoms with van der Waals surface area (Å²) in [5.74, 6) is 0. The fourth-order valence-corrected chi connectivity index (χ4v) is 1.43. The summed E-state index contributed by atoms with van der Waals surface area (Å²) >= 11 is 0. The minimum Gasteiger partial charge on any atom is -0.392 e. The third kappa shape index (κ3) is 3.60. The van der Waals surface area contributed by atoms with Crippen LogP contribution < -0.4 is 0 Å². The van der Waals surface area contributed by atoms with Crippen molar-refractivity contribution < 1.29 is 5.11 Å². The van der Waals surface area contributed by atoms with Gasteiger partial charge in [0.2, 0.25) is 0 Å². The van der Waals surface area contributed by atoms with E-state index in [1.807, 2.05) is 39.0 Å². The summed E-state index contributed by atoms with van der Waals surface area (Å²) in [5, 5.41) is 9.30. The summed E-state index contributed by atoms with van der Waals surface area (Å²) in [6.45, 7) is 9.69. The van der Waals surface area contributed by atoms with Crippen molar-refractivity contribution >= 4 is 0 Å². The lowest BCUT2D eigenvalue weighted by molar-refractivity contribution is 0.187. The maximum absolute atomic E-state index is 9.30. The van der Waals surface area contributed by atoms with Crippen LogP contribution in [0.1, 0.15) is 33.6 Å². The van der Waals surface area contributed by atoms with Crippen molar-refractivity contribution in [3.05, 3.63) is 36.0 Å². The highest BCUT2D eigenvalue weighted by Crippen LogP contribution is 2.27. The highest BCUT2D eigenvalue weighted by atomic mass is 16.3. The van der Waals surface area contributed by atoms with E-state index >= 15 is 0 Å². The Balaban J connectivity index is 0.000000671. The van der Waals surface area contributed by atoms with E-state index in [2.05, 4.69) is 6.58 Å². The molecule has 1 aliphatic rings. The molecule has 1 rings (SSSR count). The van der Waals surface area contributed by atoms with Gasteiger partial charge in [-0.15, -0.1) is 0 Å². The molecule has 1 nitrogen and oxygen atoms in total. The van der Waals surface area contributed by atoms with E-state index in [-0.39, 0.29) is 6.10 Å². The Hall–Kier alpha value is -0.820. The maximum Gasteiger partial charge on any atom is 0.0621 e. The molecular weight excluding hydrogens is 160 g/mol. The molecule has 74 valence electrons. The first-order valence-corrected chi connectivity index (χ1v) is 4.93. The first kappa shape index (κ1) is 12.2. The molecule has 1 aliphatic carbocycles. The van der Waals surface area contributed by atoms with Crippen LogP contribution >= 0.6 is 0 Å². The Labute approximate surface area is 81.5 Å². The number of hydrogen-bond donors (Lipinski definition) is 1. The topological polar surface area (TPSA) is 20.2 Å². The molecule has 1 atom stereocenters. The van der Waals surface area contributed by atoms with Crippen LogP contribution in [-0.4, -0.2) is 11.2 Å². The lowest BCUT2D eigenvalue weighted by Crippen LogP contribution is -1.98. The van der Waals surface area contributed by atoms with Crippen LogP contribution in [0.25, 0.3) is 0 Å². The molecule has 0 amide bonds. The van der Waals surface area contributed by atoms with Crippen LogP contribution in [0.4, 0.5) is 0 Å². The highest BCUT2D eigenvalue weighted by Gasteiger charge is 2.17. The highest BCUT2D eigenvalue weighted by molar-refractivity contribution is 5.37. The molecule has 0 spiro atoms. The van der Waals surface area contributed by atoms with Gasteiger partial charge in [-0.05, 0) is 30.9 Å². The smallest absolute Gasteiger partial charge is 0.0621 e. The van der Waals surface area contributed by atoms with Crippen molar-refractivity contribution in [1.82, 2.24) is 0 Å². The molecule has 0 saturated heterocycles. The monoisotopic (exact) mass is 180 g/mol. The quantitative estimate of drug-likeness (QED) is 0.691. The van der Waals surface area contributed by atoms with Gasteiger partial charge in [0.1, 0.15) is 0 Å². The van der Waals surface area contributed by atoms with Gasteiger partial charge in [-0.1, -0.05) is 38.7 Å². The van der Waals surface area contributed by atoms with Crippen LogP contribution in [0, 0.1) is 0 Å². The van der Waals surface area contributed by atoms with Gasteiger partial charge in [-0.3, -0.25) is 0 Å². The molecule has 0 saturated carbocycles. The first-order chi connectivity index (χ1) is 6.27. The summed E-state index contributed by atoms with van der Waals surface area (Å²) in [6, 6.07) is 0. The predicted octanol–water partition coefficient (Wildman–Crippen LogP) is 3.23. The summed E-state index contributed by atoms with van der Waals surface area (Å²) in [5.41, 5.74) is 2.42. The van der Waals surface area contributed by atoms with Crippen LogP contribution in [-0.2, 0) is 0 Å². The van der Waals surface area contributed by atoms with E-state index in [9.17, 15) is 5.11 Å². The number of hydrogen-bond acceptors (Lipinski definition) is 1. The second kappa shape index (κ2) is 6.67. The molecule has 13 heavy (non-hydrogen) atoms. The van der Waals surface area contributed by atoms with Gasteiger partial charge in [0, 0.05) is 0 Å². The summed E-state index contributed by atoms with van der Waals surface area (Å²) in [7, 11) is 0. The first-order valence-electron chi connectivity index (χ1n) is 4.93. The molecule has 0 aromatic heterocycles. The Morgan fingerprint density at radius 1 is 1.31 bits per heavy atom. The molecule has 1 N–H and O–H groups in total. The maximum atomic E-state index is 9.30. The molecule has 0 aromatic carbocycles. The average molecular weight is 180 g/mol. The Bertz CT molecular complexity index is 211. The zero-order valence-corrected chi connectivity index (χ0v) is 8.88. The van der Waals surface area contributed by atoms with Gasteiger partial charge >= 0.3 is 0 Å². The minimum atomic E-state index is -0.186. The van der Waals surface area contributed by atoms with Crippen molar-refractivity contribution in [2.24, 2.45) is 0 Å². The molecular formula is C12H20O. The second-order valence-electron chi connectivity index (χ2n) is 2.82. The number of rotatable bonds is 2. The molecule has 1 unspecified atom stereocenters. The molecule has 0 radical (unpaired) electrons. The molecule has 0 fully saturated rings. The van der Waals surface area contributed by atoms with Gasteiger partial charge in [-0.2, -0.15) is 0 Å². The van der Waals surface area contributed by atoms with Gasteiger partial charge in [0.25, 0.3) is 0 Å². The normalized spacial score (nSPS) is 21.7. The number of aliphatic hydroxyl groups excluding tert-OH is 1. The van der Waals surface area contributed by atoms with Gasteiger partial charge in [-0.25, -0.2) is 0 Å². The van der Waals surface area contributed by atoms with Crippen molar-refractivity contribution in [2.75, 3.05) is 0 Å². The molecule has 0 bridgehead atoms. The second-order valence-corrected chi connectivity index (χ2v) is 2.82. The van der Waals surface area contributed by atoms with Gasteiger partial charge < -0.3 is 5.11 Å². The predicted molar refractivity (Wildman–Crippen MR) is 58.6 cm³/mol. The molecule has 0 aliphatic heterocycles. The van der Waals surface area contributed by atoms with Crippen LogP contribution in [0.2, 0.25) is 0 Å². The van der Waals surface area contributed by atoms with Gasteiger partial charge in [0.05, 0.1) is 6.10 Å². The Morgan fingerprint density at radius 2 is 1.85 bits per heavy atom. The van der Waals surface area contributed by atoms with E-state index in [1.165, 1.54) is 11.1 Å². The third-order valence-electron chi connectivity index (χ3n) is 1.94. The van der Waals surface area contributed by atoms with Crippen LogP contribution in [0.5, 0.6) is 0 Å². The average Bonchev–Trinajstić information content (AvgIpc) is 2.50. The number of allylic oxidation sites excluding steroid dienone is 3. The van der Waals surface area contributed by atoms with Crippen molar-refractivity contribution in [3.8, 4) is 0 Å². The third-order valence-corrected chi connectivity index (χ3v) is 1.94. The zero-order valence-electron chi connectivity index (χ0n) is 8.88. The van der Waals surface area contributed by atoms with Gasteiger partial charge in [0.15, 0.2) is 0 Å². The van der Waals surface area contributed by atoms with Crippen LogP contribution in [0.3, 0.4) is 0 Å². The fourth-order valence-electron chi connectivity index (χ4n) is 1.43. The molecule has 1 heteroatoms. The molecule has 0 heterocycles. The SMILES string of the molecule is C=CC1=C(/C=C\C)CC(O)C1.CC. The van der Waals surface area contributed by atoms with Crippen LogP contribution in [0.15, 0.2) is 36.0 Å². The van der Waals surface area contributed by atoms with E-state index in [0.717, 1.165) is 12.8 Å². The van der Waals surface area contributed by atoms with Crippen molar-refractivity contribution in [1.29, 1.82) is 0 Å². The van der Waals surface area contributed by atoms with E-state index < -0.39 is 0 Å². The van der Waals surface area contributed by atoms with E-state index in [4.69, 9.17) is 0 Å². The fraction of sp³-hybridized carbons (Fsp3) is 0.500. The van der Waals surface area contributed by atoms with E-state index in [0.29, 0.717) is 0 Å². The van der Waals surface area contributed by atoms with E-state index in [1.54, 1.807) is 0 Å². The Kier molecular flexibility index (Phi) is 6.25. The zero-order chi connectivity index (χ0) is 10.3. The lowest BCUT2D eigenvalue weighted by Gasteiger charge is -1.96. The lowest BCUT2D eigenvalue weighted by atomic mass is 10.1. The Morgan fingerprint density at radius 3 is 2.31 bits per heavy atom. The summed E-state index contributed by atoms with van der Waals surface area (Å²) in [6.07, 6.45) is 7.25. The number of aliphatic hydroxyl groups is 1. The standard InChI is InChI=1S/C10H14O.C2H6/c1-3-5-9-7-10(11)6-8(9)4-2;1-2/h3-5,10-11H,2,6-7H2,1H3;1-2H3/b5-3-;. The molecule has 0 aromatic rings. The van der Waals surface area contributed by atoms with Crippen molar-refractivity contribution in [2.45, 2.75) is 39.7 Å². The minimum absolute atomic E-state index is 0.186. The largest absolute Gasteiger partial charge is 0.392 e. The van der Waals surface area contributed by atoms with Crippen molar-refractivity contribution in [3.63, 3.8) is 0 Å².